The Bertz CT molecular complexity index is 2390. The van der Waals surface area contributed by atoms with Gasteiger partial charge in [-0.1, -0.05) is 12.1 Å². The number of aliphatic hydroxyl groups excluding tert-OH is 2. The largest absolute Gasteiger partial charge is 0.493 e. The number of carbonyl (C=O) groups is 2. The number of methoxy groups -OCH3 is 6. The summed E-state index contributed by atoms with van der Waals surface area (Å²) >= 11 is 0. The Hall–Kier alpha value is -5.98. The van der Waals surface area contributed by atoms with E-state index >= 15 is 0 Å². The molecule has 0 aliphatic carbocycles. The lowest BCUT2D eigenvalue weighted by Gasteiger charge is -2.46. The molecule has 348 valence electrons. The number of esters is 2. The molecule has 14 nitrogen and oxygen atoms in total. The fourth-order valence-corrected chi connectivity index (χ4v) is 9.68. The van der Waals surface area contributed by atoms with E-state index in [4.69, 9.17) is 37.9 Å². The van der Waals surface area contributed by atoms with Crippen molar-refractivity contribution in [2.24, 2.45) is 0 Å². The van der Waals surface area contributed by atoms with Gasteiger partial charge in [0.15, 0.2) is 34.5 Å². The number of aliphatic hydroxyl groups is 2. The molecule has 0 bridgehead atoms. The van der Waals surface area contributed by atoms with Gasteiger partial charge >= 0.3 is 11.9 Å². The summed E-state index contributed by atoms with van der Waals surface area (Å²) in [4.78, 5) is 25.4. The van der Waals surface area contributed by atoms with E-state index in [0.717, 1.165) is 61.2 Å². The summed E-state index contributed by atoms with van der Waals surface area (Å²) in [7, 11) is 14.1. The molecule has 0 spiro atoms. The second-order valence-electron chi connectivity index (χ2n) is 17.1. The van der Waals surface area contributed by atoms with Crippen molar-refractivity contribution in [1.29, 1.82) is 0 Å². The summed E-state index contributed by atoms with van der Waals surface area (Å²) < 4.78 is 45.9. The predicted octanol–water partition coefficient (Wildman–Crippen LogP) is 5.67. The van der Waals surface area contributed by atoms with Gasteiger partial charge in [0.1, 0.15) is 12.1 Å². The number of likely N-dealkylation sites (N-methyl/N-ethyl adjacent to an activating group) is 2. The third kappa shape index (κ3) is 10.9. The van der Waals surface area contributed by atoms with Crippen LogP contribution in [0, 0.1) is 11.8 Å². The van der Waals surface area contributed by atoms with E-state index in [0.29, 0.717) is 74.0 Å². The summed E-state index contributed by atoms with van der Waals surface area (Å²) in [5, 5.41) is 20.2. The average Bonchev–Trinajstić information content (AvgIpc) is 3.33. The van der Waals surface area contributed by atoms with Crippen LogP contribution in [0.4, 0.5) is 0 Å². The standard InChI is InChI=1S/C51H64N2O12/c1-52(21-17-36-29-47(62-7)48(63-8)31-40(36)42(52)25-34-11-13-43(58-3)45(26-34)60-5)19-9-23-64-49(56)15-16-50(57)65-24-10-20-53(2)22-18-35-27-38(32-54)39(33-55)28-41(35)51(53)37-12-14-44(59-4)46(30-37)61-6/h11-14,26-31,42,51,54-55H,9-10,17-25,32-33H2,1-8H3/q+2. The number of hydrogen-bond donors (Lipinski definition) is 2. The van der Waals surface area contributed by atoms with Crippen LogP contribution >= 0.6 is 0 Å². The first kappa shape index (κ1) is 48.5. The fraction of sp³-hybridized carbons (Fsp3) is 0.451. The minimum Gasteiger partial charge on any atom is -0.493 e. The zero-order valence-corrected chi connectivity index (χ0v) is 39.0. The molecule has 2 N–H and O–H groups in total. The summed E-state index contributed by atoms with van der Waals surface area (Å²) in [6.07, 6.45) is 3.43. The summed E-state index contributed by atoms with van der Waals surface area (Å²) in [6.45, 7) is 2.90. The molecule has 0 aromatic heterocycles. The molecule has 2 aliphatic rings. The van der Waals surface area contributed by atoms with Crippen LogP contribution in [0.5, 0.6) is 34.5 Å². The number of nitrogens with zero attached hydrogens (tertiary/aromatic N) is 2. The number of ether oxygens (including phenoxy) is 8. The first-order valence-electron chi connectivity index (χ1n) is 22.0. The summed E-state index contributed by atoms with van der Waals surface area (Å²) in [6, 6.07) is 19.9. The van der Waals surface area contributed by atoms with Crippen LogP contribution in [0.1, 0.15) is 69.4 Å². The van der Waals surface area contributed by atoms with Gasteiger partial charge in [0, 0.05) is 60.6 Å². The monoisotopic (exact) mass is 896 g/mol. The highest BCUT2D eigenvalue weighted by Gasteiger charge is 2.42. The minimum absolute atomic E-state index is 0.0493. The van der Waals surface area contributed by atoms with Crippen molar-refractivity contribution < 1.29 is 66.7 Å². The lowest BCUT2D eigenvalue weighted by atomic mass is 9.83. The van der Waals surface area contributed by atoms with Crippen LogP contribution in [0.25, 0.3) is 0 Å². The second-order valence-corrected chi connectivity index (χ2v) is 17.1. The SMILES string of the molecule is COc1ccc(CC2c3cc(OC)c(OC)cc3CC[N+]2(C)CCCOC(=O)C#CC(=O)OCCC[N+]2(C)CCc3cc(CO)c(CO)cc3C2c2ccc(OC)c(OC)c2)cc1OC. The first-order chi connectivity index (χ1) is 31.4. The molecule has 0 amide bonds. The Kier molecular flexibility index (Phi) is 16.3. The number of carbonyl (C=O) groups excluding carboxylic acids is 2. The predicted molar refractivity (Wildman–Crippen MR) is 243 cm³/mol. The fourth-order valence-electron chi connectivity index (χ4n) is 9.68. The molecule has 4 unspecified atom stereocenters. The van der Waals surface area contributed by atoms with Crippen molar-refractivity contribution in [1.82, 2.24) is 0 Å². The lowest BCUT2D eigenvalue weighted by molar-refractivity contribution is -0.941. The van der Waals surface area contributed by atoms with Crippen LogP contribution in [0.3, 0.4) is 0 Å². The maximum absolute atomic E-state index is 12.7. The molecule has 4 atom stereocenters. The minimum atomic E-state index is -0.802. The number of rotatable bonds is 19. The molecular formula is C51H64N2O12+2. The highest BCUT2D eigenvalue weighted by atomic mass is 16.5. The van der Waals surface area contributed by atoms with E-state index in [1.807, 2.05) is 42.5 Å². The first-order valence-corrected chi connectivity index (χ1v) is 22.0. The van der Waals surface area contributed by atoms with E-state index in [1.54, 1.807) is 42.7 Å². The lowest BCUT2D eigenvalue weighted by Crippen LogP contribution is -2.52. The number of benzene rings is 4. The van der Waals surface area contributed by atoms with Gasteiger partial charge in [-0.3, -0.25) is 0 Å². The Morgan fingerprint density at radius 1 is 0.585 bits per heavy atom. The highest BCUT2D eigenvalue weighted by molar-refractivity contribution is 5.98. The molecule has 0 saturated carbocycles. The zero-order valence-electron chi connectivity index (χ0n) is 39.0. The Morgan fingerprint density at radius 2 is 1.08 bits per heavy atom. The summed E-state index contributed by atoms with van der Waals surface area (Å²) in [5.41, 5.74) is 8.04. The molecule has 2 aliphatic heterocycles. The number of hydrogen-bond acceptors (Lipinski definition) is 12. The zero-order chi connectivity index (χ0) is 46.7. The van der Waals surface area contributed by atoms with Gasteiger partial charge in [-0.15, -0.1) is 0 Å². The molecule has 4 aromatic rings. The van der Waals surface area contributed by atoms with Gasteiger partial charge in [-0.2, -0.15) is 0 Å². The van der Waals surface area contributed by atoms with E-state index in [2.05, 4.69) is 44.1 Å². The van der Waals surface area contributed by atoms with Gasteiger partial charge in [-0.05, 0) is 76.3 Å². The molecule has 14 heteroatoms. The number of quaternary nitrogens is 2. The second kappa shape index (κ2) is 21.8. The van der Waals surface area contributed by atoms with Crippen molar-refractivity contribution in [2.45, 2.75) is 57.4 Å². The molecule has 2 heterocycles. The third-order valence-corrected chi connectivity index (χ3v) is 13.2. The van der Waals surface area contributed by atoms with Crippen LogP contribution < -0.4 is 28.4 Å². The van der Waals surface area contributed by atoms with E-state index in [-0.39, 0.29) is 38.5 Å². The summed E-state index contributed by atoms with van der Waals surface area (Å²) in [5.74, 6) is 6.92. The average molecular weight is 897 g/mol. The topological polar surface area (TPSA) is 148 Å². The Balaban J connectivity index is 1.06. The molecule has 65 heavy (non-hydrogen) atoms. The van der Waals surface area contributed by atoms with E-state index < -0.39 is 11.9 Å². The molecular weight excluding hydrogens is 833 g/mol. The molecule has 4 aromatic carbocycles. The van der Waals surface area contributed by atoms with Gasteiger partial charge in [0.2, 0.25) is 0 Å². The highest BCUT2D eigenvalue weighted by Crippen LogP contribution is 2.45. The Morgan fingerprint density at radius 3 is 1.66 bits per heavy atom. The normalized spacial score (nSPS) is 19.7. The maximum atomic E-state index is 12.7. The van der Waals surface area contributed by atoms with Gasteiger partial charge < -0.3 is 57.1 Å². The van der Waals surface area contributed by atoms with Crippen molar-refractivity contribution in [3.05, 3.63) is 105 Å². The van der Waals surface area contributed by atoms with Crippen LogP contribution in [-0.4, -0.2) is 127 Å². The van der Waals surface area contributed by atoms with Crippen LogP contribution in [0.2, 0.25) is 0 Å². The smallest absolute Gasteiger partial charge is 0.384 e. The van der Waals surface area contributed by atoms with Crippen molar-refractivity contribution in [3.63, 3.8) is 0 Å². The van der Waals surface area contributed by atoms with Gasteiger partial charge in [0.05, 0.1) is 109 Å². The van der Waals surface area contributed by atoms with Gasteiger partial charge in [0.25, 0.3) is 0 Å². The van der Waals surface area contributed by atoms with E-state index in [1.165, 1.54) is 11.1 Å². The van der Waals surface area contributed by atoms with Crippen molar-refractivity contribution in [2.75, 3.05) is 96.1 Å². The number of fused-ring (bicyclic) bond motifs is 2. The molecule has 0 fully saturated rings. The van der Waals surface area contributed by atoms with Crippen LogP contribution in [-0.2, 0) is 51.5 Å². The van der Waals surface area contributed by atoms with E-state index in [9.17, 15) is 19.8 Å². The van der Waals surface area contributed by atoms with Gasteiger partial charge in [-0.25, -0.2) is 9.59 Å². The molecule has 0 saturated heterocycles. The molecule has 0 radical (unpaired) electrons. The molecule has 6 rings (SSSR count). The van der Waals surface area contributed by atoms with Crippen molar-refractivity contribution in [3.8, 4) is 46.3 Å². The third-order valence-electron chi connectivity index (χ3n) is 13.2. The quantitative estimate of drug-likeness (QED) is 0.0393. The van der Waals surface area contributed by atoms with Crippen molar-refractivity contribution >= 4 is 11.9 Å². The Labute approximate surface area is 382 Å². The van der Waals surface area contributed by atoms with Crippen LogP contribution in [0.15, 0.2) is 60.7 Å². The maximum Gasteiger partial charge on any atom is 0.384 e.